The van der Waals surface area contributed by atoms with Gasteiger partial charge in [-0.05, 0) is 53.6 Å². The number of carbonyl (C=O) groups excluding carboxylic acids is 1. The molecule has 0 spiro atoms. The van der Waals surface area contributed by atoms with E-state index in [1.165, 1.54) is 29.9 Å². The summed E-state index contributed by atoms with van der Waals surface area (Å²) in [6.07, 6.45) is -4.71. The van der Waals surface area contributed by atoms with Gasteiger partial charge in [-0.2, -0.15) is 18.3 Å². The predicted molar refractivity (Wildman–Crippen MR) is 135 cm³/mol. The third-order valence-electron chi connectivity index (χ3n) is 5.62. The summed E-state index contributed by atoms with van der Waals surface area (Å²) in [6, 6.07) is 14.7. The molecule has 3 aromatic carbocycles. The zero-order valence-corrected chi connectivity index (χ0v) is 21.0. The monoisotopic (exact) mass is 549 g/mol. The van der Waals surface area contributed by atoms with Crippen LogP contribution < -0.4 is 10.1 Å². The van der Waals surface area contributed by atoms with Crippen LogP contribution in [0.3, 0.4) is 0 Å². The first-order chi connectivity index (χ1) is 17.5. The average molecular weight is 550 g/mol. The fourth-order valence-electron chi connectivity index (χ4n) is 3.78. The van der Waals surface area contributed by atoms with Gasteiger partial charge in [0.1, 0.15) is 18.1 Å². The molecule has 2 N–H and O–H groups in total. The highest BCUT2D eigenvalue weighted by Gasteiger charge is 2.34. The van der Waals surface area contributed by atoms with Gasteiger partial charge in [0.05, 0.1) is 21.8 Å². The molecule has 0 aliphatic rings. The van der Waals surface area contributed by atoms with Gasteiger partial charge in [0, 0.05) is 24.7 Å². The maximum absolute atomic E-state index is 13.6. The van der Waals surface area contributed by atoms with E-state index in [1.54, 1.807) is 37.4 Å². The van der Waals surface area contributed by atoms with Crippen molar-refractivity contribution in [2.75, 3.05) is 7.05 Å². The molecule has 0 saturated heterocycles. The van der Waals surface area contributed by atoms with Crippen molar-refractivity contribution in [3.63, 3.8) is 0 Å². The molecular weight excluding hydrogens is 530 g/mol. The van der Waals surface area contributed by atoms with Crippen molar-refractivity contribution < 1.29 is 27.8 Å². The van der Waals surface area contributed by atoms with E-state index in [0.717, 1.165) is 17.7 Å². The van der Waals surface area contributed by atoms with Crippen LogP contribution in [0.1, 0.15) is 21.6 Å². The number of amides is 1. The maximum Gasteiger partial charge on any atom is 0.417 e. The lowest BCUT2D eigenvalue weighted by molar-refractivity contribution is -0.137. The topological polar surface area (TPSA) is 76.4 Å². The number of hydrogen-bond acceptors (Lipinski definition) is 4. The number of rotatable bonds is 6. The highest BCUT2D eigenvalue weighted by atomic mass is 35.5. The summed E-state index contributed by atoms with van der Waals surface area (Å²) >= 11 is 11.8. The molecule has 1 heterocycles. The molecule has 0 fully saturated rings. The fraction of sp³-hybridized carbons (Fsp3) is 0.154. The molecule has 4 aromatic rings. The molecule has 11 heteroatoms. The van der Waals surface area contributed by atoms with E-state index in [2.05, 4.69) is 10.4 Å². The zero-order chi connectivity index (χ0) is 26.9. The van der Waals surface area contributed by atoms with Gasteiger partial charge in [0.2, 0.25) is 0 Å². The minimum atomic E-state index is -4.71. The van der Waals surface area contributed by atoms with Crippen LogP contribution in [0, 0.1) is 0 Å². The molecular formula is C26H20Cl2F3N3O3. The number of phenolic OH excluding ortho intramolecular Hbond substituents is 1. The smallest absolute Gasteiger partial charge is 0.417 e. The van der Waals surface area contributed by atoms with E-state index < -0.39 is 22.7 Å². The first-order valence-corrected chi connectivity index (χ1v) is 11.6. The van der Waals surface area contributed by atoms with Crippen molar-refractivity contribution in [2.24, 2.45) is 7.05 Å². The molecule has 0 aliphatic heterocycles. The summed E-state index contributed by atoms with van der Waals surface area (Å²) in [5, 5.41) is 18.0. The fourth-order valence-corrected chi connectivity index (χ4v) is 4.13. The molecule has 4 rings (SSSR count). The van der Waals surface area contributed by atoms with Crippen LogP contribution in [-0.4, -0.2) is 27.8 Å². The van der Waals surface area contributed by atoms with E-state index >= 15 is 0 Å². The molecule has 1 aromatic heterocycles. The van der Waals surface area contributed by atoms with Gasteiger partial charge in [-0.3, -0.25) is 9.48 Å². The Morgan fingerprint density at radius 3 is 2.43 bits per heavy atom. The number of hydrogen-bond donors (Lipinski definition) is 2. The molecule has 6 nitrogen and oxygen atoms in total. The summed E-state index contributed by atoms with van der Waals surface area (Å²) < 4.78 is 48.2. The molecule has 37 heavy (non-hydrogen) atoms. The lowest BCUT2D eigenvalue weighted by Gasteiger charge is -2.18. The van der Waals surface area contributed by atoms with Crippen molar-refractivity contribution in [1.29, 1.82) is 0 Å². The first kappa shape index (κ1) is 26.4. The van der Waals surface area contributed by atoms with Crippen LogP contribution in [0.25, 0.3) is 22.4 Å². The number of nitrogens with zero attached hydrogens (tertiary/aromatic N) is 2. The maximum atomic E-state index is 13.6. The van der Waals surface area contributed by atoms with Gasteiger partial charge in [0.25, 0.3) is 5.91 Å². The number of aromatic nitrogens is 2. The average Bonchev–Trinajstić information content (AvgIpc) is 3.24. The Morgan fingerprint density at radius 1 is 1.08 bits per heavy atom. The van der Waals surface area contributed by atoms with Gasteiger partial charge >= 0.3 is 6.18 Å². The normalized spacial score (nSPS) is 11.4. The largest absolute Gasteiger partial charge is 0.506 e. The van der Waals surface area contributed by atoms with Crippen LogP contribution in [0.15, 0.2) is 60.7 Å². The molecule has 0 atom stereocenters. The van der Waals surface area contributed by atoms with Crippen molar-refractivity contribution in [2.45, 2.75) is 12.8 Å². The Labute approximate surface area is 220 Å². The Kier molecular flexibility index (Phi) is 7.38. The SMILES string of the molecule is CNC(=O)c1cc(-c2ccc(OCc3ccc(Cl)cc3)c(-c3ccc(Cl)c(C(F)(F)F)c3)c2O)n(C)n1. The summed E-state index contributed by atoms with van der Waals surface area (Å²) in [4.78, 5) is 12.0. The van der Waals surface area contributed by atoms with E-state index in [4.69, 9.17) is 27.9 Å². The molecule has 1 amide bonds. The van der Waals surface area contributed by atoms with Gasteiger partial charge < -0.3 is 15.2 Å². The van der Waals surface area contributed by atoms with Crippen LogP contribution >= 0.6 is 23.2 Å². The summed E-state index contributed by atoms with van der Waals surface area (Å²) in [5.41, 5.74) is 0.478. The molecule has 0 unspecified atom stereocenters. The standard InChI is InChI=1S/C26H20Cl2F3N3O3/c1-32-25(36)20-12-21(34(2)33-20)17-8-10-22(37-13-14-3-6-16(27)7-4-14)23(24(17)35)15-5-9-19(28)18(11-15)26(29,30)31/h3-12,35H,13H2,1-2H3,(H,32,36). The second kappa shape index (κ2) is 10.4. The number of halogens is 5. The Hall–Kier alpha value is -3.69. The number of benzene rings is 3. The molecule has 192 valence electrons. The number of aromatic hydroxyl groups is 1. The number of alkyl halides is 3. The quantitative estimate of drug-likeness (QED) is 0.280. The third-order valence-corrected chi connectivity index (χ3v) is 6.20. The summed E-state index contributed by atoms with van der Waals surface area (Å²) in [7, 11) is 3.04. The van der Waals surface area contributed by atoms with Crippen LogP contribution in [0.5, 0.6) is 11.5 Å². The predicted octanol–water partition coefficient (Wildman–Crippen LogP) is 6.72. The zero-order valence-electron chi connectivity index (χ0n) is 19.5. The first-order valence-electron chi connectivity index (χ1n) is 10.9. The van der Waals surface area contributed by atoms with Crippen LogP contribution in [-0.2, 0) is 19.8 Å². The number of ether oxygens (including phenoxy) is 1. The molecule has 0 aliphatic carbocycles. The van der Waals surface area contributed by atoms with Gasteiger partial charge in [-0.25, -0.2) is 0 Å². The molecule has 0 bridgehead atoms. The van der Waals surface area contributed by atoms with Crippen molar-refractivity contribution in [1.82, 2.24) is 15.1 Å². The van der Waals surface area contributed by atoms with Gasteiger partial charge in [-0.1, -0.05) is 41.4 Å². The Morgan fingerprint density at radius 2 is 1.78 bits per heavy atom. The highest BCUT2D eigenvalue weighted by molar-refractivity contribution is 6.31. The van der Waals surface area contributed by atoms with E-state index in [1.807, 2.05) is 0 Å². The van der Waals surface area contributed by atoms with E-state index in [0.29, 0.717) is 10.7 Å². The van der Waals surface area contributed by atoms with Crippen molar-refractivity contribution >= 4 is 29.1 Å². The highest BCUT2D eigenvalue weighted by Crippen LogP contribution is 2.46. The van der Waals surface area contributed by atoms with E-state index in [-0.39, 0.29) is 40.5 Å². The van der Waals surface area contributed by atoms with Gasteiger partial charge in [0.15, 0.2) is 5.69 Å². The molecule has 0 radical (unpaired) electrons. The van der Waals surface area contributed by atoms with Crippen molar-refractivity contribution in [3.05, 3.63) is 87.5 Å². The lowest BCUT2D eigenvalue weighted by Crippen LogP contribution is -2.18. The summed E-state index contributed by atoms with van der Waals surface area (Å²) in [5.74, 6) is -0.646. The number of aryl methyl sites for hydroxylation is 1. The lowest BCUT2D eigenvalue weighted by atomic mass is 9.97. The van der Waals surface area contributed by atoms with Crippen molar-refractivity contribution in [3.8, 4) is 33.9 Å². The second-order valence-corrected chi connectivity index (χ2v) is 8.90. The van der Waals surface area contributed by atoms with Crippen LogP contribution in [0.2, 0.25) is 10.0 Å². The van der Waals surface area contributed by atoms with Gasteiger partial charge in [-0.15, -0.1) is 0 Å². The van der Waals surface area contributed by atoms with Crippen LogP contribution in [0.4, 0.5) is 13.2 Å². The number of phenols is 1. The summed E-state index contributed by atoms with van der Waals surface area (Å²) in [6.45, 7) is 0.0647. The second-order valence-electron chi connectivity index (χ2n) is 8.06. The third kappa shape index (κ3) is 5.52. The number of carbonyl (C=O) groups is 1. The Balaban J connectivity index is 1.86. The molecule has 0 saturated carbocycles. The number of nitrogens with one attached hydrogen (secondary N) is 1. The minimum absolute atomic E-state index is 0.0244. The van der Waals surface area contributed by atoms with E-state index in [9.17, 15) is 23.1 Å². The minimum Gasteiger partial charge on any atom is -0.506 e. The Bertz CT molecular complexity index is 1470.